The first-order valence-electron chi connectivity index (χ1n) is 7.13. The van der Waals surface area contributed by atoms with Crippen molar-refractivity contribution in [1.29, 1.82) is 0 Å². The second kappa shape index (κ2) is 6.48. The SMILES string of the molecule is COc1cc(OC)c(OC)cc1CNc1nc2ccccc2o1. The summed E-state index contributed by atoms with van der Waals surface area (Å²) >= 11 is 0. The molecular weight excluding hydrogens is 296 g/mol. The number of methoxy groups -OCH3 is 3. The molecule has 23 heavy (non-hydrogen) atoms. The smallest absolute Gasteiger partial charge is 0.295 e. The first kappa shape index (κ1) is 15.0. The summed E-state index contributed by atoms with van der Waals surface area (Å²) < 4.78 is 21.7. The maximum atomic E-state index is 5.65. The monoisotopic (exact) mass is 314 g/mol. The second-order valence-electron chi connectivity index (χ2n) is 4.86. The third kappa shape index (κ3) is 3.01. The van der Waals surface area contributed by atoms with Crippen LogP contribution < -0.4 is 19.5 Å². The highest BCUT2D eigenvalue weighted by atomic mass is 16.5. The van der Waals surface area contributed by atoms with Crippen molar-refractivity contribution >= 4 is 17.1 Å². The summed E-state index contributed by atoms with van der Waals surface area (Å²) in [7, 11) is 4.81. The fourth-order valence-electron chi connectivity index (χ4n) is 2.35. The van der Waals surface area contributed by atoms with E-state index in [2.05, 4.69) is 10.3 Å². The highest BCUT2D eigenvalue weighted by Crippen LogP contribution is 2.35. The van der Waals surface area contributed by atoms with Gasteiger partial charge in [0.2, 0.25) is 0 Å². The lowest BCUT2D eigenvalue weighted by atomic mass is 10.1. The molecule has 0 bridgehead atoms. The molecule has 2 aromatic carbocycles. The molecule has 0 radical (unpaired) electrons. The molecule has 0 fully saturated rings. The minimum absolute atomic E-state index is 0.461. The summed E-state index contributed by atoms with van der Waals surface area (Å²) in [4.78, 5) is 4.39. The molecule has 0 spiro atoms. The van der Waals surface area contributed by atoms with Crippen molar-refractivity contribution in [3.8, 4) is 17.2 Å². The van der Waals surface area contributed by atoms with Crippen LogP contribution in [-0.2, 0) is 6.54 Å². The molecule has 3 rings (SSSR count). The Kier molecular flexibility index (Phi) is 4.23. The molecule has 6 nitrogen and oxygen atoms in total. The molecule has 0 aliphatic rings. The number of oxazole rings is 1. The van der Waals surface area contributed by atoms with Gasteiger partial charge in [0.15, 0.2) is 17.1 Å². The van der Waals surface area contributed by atoms with Crippen molar-refractivity contribution in [3.05, 3.63) is 42.0 Å². The first-order valence-corrected chi connectivity index (χ1v) is 7.13. The summed E-state index contributed by atoms with van der Waals surface area (Å²) in [6, 6.07) is 11.7. The van der Waals surface area contributed by atoms with Gasteiger partial charge in [0.25, 0.3) is 6.01 Å². The number of benzene rings is 2. The summed E-state index contributed by atoms with van der Waals surface area (Å²) in [5, 5.41) is 3.16. The molecule has 0 aliphatic heterocycles. The molecule has 6 heteroatoms. The molecule has 0 aliphatic carbocycles. The Hall–Kier alpha value is -2.89. The number of nitrogens with zero attached hydrogens (tertiary/aromatic N) is 1. The average Bonchev–Trinajstić information content (AvgIpc) is 3.01. The van der Waals surface area contributed by atoms with E-state index >= 15 is 0 Å². The van der Waals surface area contributed by atoms with Gasteiger partial charge in [-0.05, 0) is 18.2 Å². The minimum Gasteiger partial charge on any atom is -0.496 e. The zero-order valence-corrected chi connectivity index (χ0v) is 13.3. The number of aromatic nitrogens is 1. The van der Waals surface area contributed by atoms with Gasteiger partial charge in [-0.15, -0.1) is 0 Å². The average molecular weight is 314 g/mol. The van der Waals surface area contributed by atoms with E-state index < -0.39 is 0 Å². The number of rotatable bonds is 6. The van der Waals surface area contributed by atoms with Crippen LogP contribution in [0.2, 0.25) is 0 Å². The van der Waals surface area contributed by atoms with E-state index in [4.69, 9.17) is 18.6 Å². The third-order valence-electron chi connectivity index (χ3n) is 3.51. The van der Waals surface area contributed by atoms with Gasteiger partial charge in [-0.25, -0.2) is 0 Å². The highest BCUT2D eigenvalue weighted by molar-refractivity contribution is 5.74. The molecule has 1 heterocycles. The summed E-state index contributed by atoms with van der Waals surface area (Å²) in [6.45, 7) is 0.482. The van der Waals surface area contributed by atoms with Crippen molar-refractivity contribution in [3.63, 3.8) is 0 Å². The third-order valence-corrected chi connectivity index (χ3v) is 3.51. The number of anilines is 1. The normalized spacial score (nSPS) is 10.6. The van der Waals surface area contributed by atoms with Gasteiger partial charge in [0.1, 0.15) is 11.3 Å². The van der Waals surface area contributed by atoms with Crippen LogP contribution in [0, 0.1) is 0 Å². The fraction of sp³-hybridized carbons (Fsp3) is 0.235. The van der Waals surface area contributed by atoms with Crippen LogP contribution in [0.5, 0.6) is 17.2 Å². The fourth-order valence-corrected chi connectivity index (χ4v) is 2.35. The number of nitrogens with one attached hydrogen (secondary N) is 1. The number of ether oxygens (including phenoxy) is 3. The van der Waals surface area contributed by atoms with Crippen molar-refractivity contribution in [1.82, 2.24) is 4.98 Å². The molecule has 3 aromatic rings. The van der Waals surface area contributed by atoms with E-state index in [1.54, 1.807) is 27.4 Å². The predicted octanol–water partition coefficient (Wildman–Crippen LogP) is 3.47. The summed E-state index contributed by atoms with van der Waals surface area (Å²) in [5.74, 6) is 1.96. The number of hydrogen-bond donors (Lipinski definition) is 1. The molecule has 0 unspecified atom stereocenters. The van der Waals surface area contributed by atoms with Crippen LogP contribution in [0.4, 0.5) is 6.01 Å². The van der Waals surface area contributed by atoms with Crippen LogP contribution in [0.3, 0.4) is 0 Å². The van der Waals surface area contributed by atoms with Crippen molar-refractivity contribution in [2.75, 3.05) is 26.6 Å². The first-order chi connectivity index (χ1) is 11.2. The zero-order valence-electron chi connectivity index (χ0n) is 13.3. The van der Waals surface area contributed by atoms with E-state index in [1.807, 2.05) is 30.3 Å². The molecule has 120 valence electrons. The Bertz CT molecular complexity index is 780. The predicted molar refractivity (Wildman–Crippen MR) is 87.4 cm³/mol. The molecule has 1 N–H and O–H groups in total. The Labute approximate surface area is 134 Å². The maximum absolute atomic E-state index is 5.65. The van der Waals surface area contributed by atoms with Crippen LogP contribution >= 0.6 is 0 Å². The van der Waals surface area contributed by atoms with Crippen molar-refractivity contribution in [2.24, 2.45) is 0 Å². The van der Waals surface area contributed by atoms with Crippen LogP contribution in [0.25, 0.3) is 11.1 Å². The van der Waals surface area contributed by atoms with Crippen molar-refractivity contribution < 1.29 is 18.6 Å². The molecule has 1 aromatic heterocycles. The van der Waals surface area contributed by atoms with Crippen LogP contribution in [0.1, 0.15) is 5.56 Å². The second-order valence-corrected chi connectivity index (χ2v) is 4.86. The largest absolute Gasteiger partial charge is 0.496 e. The highest BCUT2D eigenvalue weighted by Gasteiger charge is 2.13. The Morgan fingerprint density at radius 3 is 2.35 bits per heavy atom. The number of para-hydroxylation sites is 2. The summed E-state index contributed by atoms with van der Waals surface area (Å²) in [5.41, 5.74) is 2.47. The van der Waals surface area contributed by atoms with Gasteiger partial charge in [0.05, 0.1) is 21.3 Å². The van der Waals surface area contributed by atoms with Gasteiger partial charge in [-0.1, -0.05) is 12.1 Å². The topological polar surface area (TPSA) is 65.8 Å². The molecule has 0 saturated heterocycles. The van der Waals surface area contributed by atoms with Gasteiger partial charge in [-0.3, -0.25) is 0 Å². The van der Waals surface area contributed by atoms with Gasteiger partial charge in [0, 0.05) is 18.2 Å². The minimum atomic E-state index is 0.461. The number of hydrogen-bond acceptors (Lipinski definition) is 6. The number of fused-ring (bicyclic) bond motifs is 1. The Morgan fingerprint density at radius 1 is 0.957 bits per heavy atom. The summed E-state index contributed by atoms with van der Waals surface area (Å²) in [6.07, 6.45) is 0. The van der Waals surface area contributed by atoms with Crippen LogP contribution in [0.15, 0.2) is 40.8 Å². The quantitative estimate of drug-likeness (QED) is 0.751. The lowest BCUT2D eigenvalue weighted by Crippen LogP contribution is -2.03. The molecule has 0 saturated carbocycles. The van der Waals surface area contributed by atoms with Gasteiger partial charge in [-0.2, -0.15) is 4.98 Å². The van der Waals surface area contributed by atoms with Crippen molar-refractivity contribution in [2.45, 2.75) is 6.54 Å². The zero-order chi connectivity index (χ0) is 16.2. The molecule has 0 atom stereocenters. The van der Waals surface area contributed by atoms with E-state index in [0.717, 1.165) is 16.7 Å². The van der Waals surface area contributed by atoms with Gasteiger partial charge >= 0.3 is 0 Å². The Morgan fingerprint density at radius 2 is 1.65 bits per heavy atom. The van der Waals surface area contributed by atoms with E-state index in [1.165, 1.54) is 0 Å². The molecule has 0 amide bonds. The van der Waals surface area contributed by atoms with E-state index in [9.17, 15) is 0 Å². The van der Waals surface area contributed by atoms with Gasteiger partial charge < -0.3 is 23.9 Å². The molecular formula is C17H18N2O4. The standard InChI is InChI=1S/C17H18N2O4/c1-20-14-9-16(22-3)15(21-2)8-11(14)10-18-17-19-12-6-4-5-7-13(12)23-17/h4-9H,10H2,1-3H3,(H,18,19). The maximum Gasteiger partial charge on any atom is 0.295 e. The van der Waals surface area contributed by atoms with E-state index in [-0.39, 0.29) is 0 Å². The van der Waals surface area contributed by atoms with Crippen LogP contribution in [-0.4, -0.2) is 26.3 Å². The van der Waals surface area contributed by atoms with E-state index in [0.29, 0.717) is 29.8 Å². The Balaban J connectivity index is 1.84. The lowest BCUT2D eigenvalue weighted by molar-refractivity contribution is 0.347. The lowest BCUT2D eigenvalue weighted by Gasteiger charge is -2.14.